The minimum absolute atomic E-state index is 0.255. The highest BCUT2D eigenvalue weighted by Crippen LogP contribution is 2.33. The second-order valence-electron chi connectivity index (χ2n) is 3.77. The van der Waals surface area contributed by atoms with Crippen molar-refractivity contribution in [2.24, 2.45) is 0 Å². The largest absolute Gasteiger partial charge is 0.320 e. The van der Waals surface area contributed by atoms with Crippen molar-refractivity contribution in [1.29, 1.82) is 0 Å². The average molecular weight is 242 g/mol. The van der Waals surface area contributed by atoms with Gasteiger partial charge in [0.1, 0.15) is 0 Å². The number of allylic oxidation sites excluding steroid dienone is 3. The first-order valence-electron chi connectivity index (χ1n) is 5.57. The van der Waals surface area contributed by atoms with E-state index in [0.717, 1.165) is 5.06 Å². The normalized spacial score (nSPS) is 19.4. The Kier molecular flexibility index (Phi) is 3.30. The van der Waals surface area contributed by atoms with E-state index in [9.17, 15) is 10.0 Å². The fourth-order valence-corrected chi connectivity index (χ4v) is 1.86. The molecule has 0 bridgehead atoms. The first kappa shape index (κ1) is 12.1. The molecule has 1 amide bonds. The molecule has 1 aliphatic rings. The SMILES string of the molecule is C=C/C=C1\C(=C/C)C(=O)Nc2ccccc2N1O. The Balaban J connectivity index is 2.64. The zero-order valence-electron chi connectivity index (χ0n) is 10.1. The summed E-state index contributed by atoms with van der Waals surface area (Å²) in [5.41, 5.74) is 1.89. The number of carbonyl (C=O) groups is 1. The van der Waals surface area contributed by atoms with E-state index in [0.29, 0.717) is 22.6 Å². The summed E-state index contributed by atoms with van der Waals surface area (Å²) >= 11 is 0. The van der Waals surface area contributed by atoms with Crippen molar-refractivity contribution in [3.8, 4) is 0 Å². The molecule has 0 atom stereocenters. The van der Waals surface area contributed by atoms with Crippen LogP contribution in [0.25, 0.3) is 0 Å². The Labute approximate surface area is 105 Å². The Morgan fingerprint density at radius 2 is 2.11 bits per heavy atom. The third-order valence-electron chi connectivity index (χ3n) is 2.69. The summed E-state index contributed by atoms with van der Waals surface area (Å²) in [6.45, 7) is 5.34. The van der Waals surface area contributed by atoms with Crippen LogP contribution in [0.1, 0.15) is 6.92 Å². The van der Waals surface area contributed by atoms with Crippen LogP contribution in [0.5, 0.6) is 0 Å². The van der Waals surface area contributed by atoms with Crippen LogP contribution in [0.3, 0.4) is 0 Å². The van der Waals surface area contributed by atoms with E-state index in [-0.39, 0.29) is 5.91 Å². The molecule has 0 saturated heterocycles. The number of fused-ring (bicyclic) bond motifs is 1. The molecule has 18 heavy (non-hydrogen) atoms. The Morgan fingerprint density at radius 1 is 1.39 bits per heavy atom. The second kappa shape index (κ2) is 4.89. The number of amides is 1. The number of rotatable bonds is 1. The maximum atomic E-state index is 12.0. The van der Waals surface area contributed by atoms with Crippen LogP contribution in [-0.2, 0) is 4.79 Å². The maximum absolute atomic E-state index is 12.0. The highest BCUT2D eigenvalue weighted by molar-refractivity contribution is 6.10. The predicted molar refractivity (Wildman–Crippen MR) is 71.4 cm³/mol. The number of carbonyl (C=O) groups excluding carboxylic acids is 1. The highest BCUT2D eigenvalue weighted by atomic mass is 16.5. The van der Waals surface area contributed by atoms with Crippen molar-refractivity contribution in [3.63, 3.8) is 0 Å². The van der Waals surface area contributed by atoms with E-state index in [4.69, 9.17) is 0 Å². The number of hydroxylamine groups is 1. The minimum Gasteiger partial charge on any atom is -0.320 e. The zero-order valence-corrected chi connectivity index (χ0v) is 10.1. The average Bonchev–Trinajstić information content (AvgIpc) is 2.47. The van der Waals surface area contributed by atoms with E-state index < -0.39 is 0 Å². The molecular weight excluding hydrogens is 228 g/mol. The molecule has 0 fully saturated rings. The van der Waals surface area contributed by atoms with Crippen LogP contribution in [0.15, 0.2) is 60.3 Å². The molecule has 4 heteroatoms. The molecule has 0 radical (unpaired) electrons. The smallest absolute Gasteiger partial charge is 0.257 e. The molecule has 0 spiro atoms. The van der Waals surface area contributed by atoms with Crippen LogP contribution in [0.2, 0.25) is 0 Å². The van der Waals surface area contributed by atoms with E-state index in [1.807, 2.05) is 0 Å². The summed E-state index contributed by atoms with van der Waals surface area (Å²) in [4.78, 5) is 12.0. The van der Waals surface area contributed by atoms with Crippen molar-refractivity contribution >= 4 is 17.3 Å². The van der Waals surface area contributed by atoms with Gasteiger partial charge in [0.2, 0.25) is 0 Å². The van der Waals surface area contributed by atoms with Crippen molar-refractivity contribution in [2.75, 3.05) is 10.4 Å². The molecule has 2 rings (SSSR count). The highest BCUT2D eigenvalue weighted by Gasteiger charge is 2.25. The van der Waals surface area contributed by atoms with Gasteiger partial charge in [0.25, 0.3) is 5.91 Å². The lowest BCUT2D eigenvalue weighted by Gasteiger charge is -2.19. The molecule has 1 heterocycles. The molecule has 2 N–H and O–H groups in total. The van der Waals surface area contributed by atoms with Gasteiger partial charge in [0.05, 0.1) is 22.6 Å². The van der Waals surface area contributed by atoms with Gasteiger partial charge in [0, 0.05) is 0 Å². The zero-order chi connectivity index (χ0) is 13.1. The Hall–Kier alpha value is -2.33. The quantitative estimate of drug-likeness (QED) is 0.744. The Bertz CT molecular complexity index is 559. The van der Waals surface area contributed by atoms with Crippen molar-refractivity contribution in [3.05, 3.63) is 60.3 Å². The molecule has 1 aliphatic heterocycles. The molecule has 0 aromatic heterocycles. The fraction of sp³-hybridized carbons (Fsp3) is 0.0714. The number of nitrogens with zero attached hydrogens (tertiary/aromatic N) is 1. The molecular formula is C14H14N2O2. The van der Waals surface area contributed by atoms with Gasteiger partial charge in [-0.05, 0) is 25.1 Å². The molecule has 0 saturated carbocycles. The fourth-order valence-electron chi connectivity index (χ4n) is 1.86. The predicted octanol–water partition coefficient (Wildman–Crippen LogP) is 2.85. The Morgan fingerprint density at radius 3 is 2.78 bits per heavy atom. The third-order valence-corrected chi connectivity index (χ3v) is 2.69. The van der Waals surface area contributed by atoms with E-state index >= 15 is 0 Å². The molecule has 0 aliphatic carbocycles. The van der Waals surface area contributed by atoms with Gasteiger partial charge in [-0.25, -0.2) is 5.06 Å². The summed E-state index contributed by atoms with van der Waals surface area (Å²) in [5, 5.41) is 14.0. The summed E-state index contributed by atoms with van der Waals surface area (Å²) in [6, 6.07) is 7.05. The molecule has 0 unspecified atom stereocenters. The first-order chi connectivity index (χ1) is 8.69. The molecule has 1 aromatic carbocycles. The number of hydrogen-bond acceptors (Lipinski definition) is 3. The molecule has 92 valence electrons. The number of nitrogens with one attached hydrogen (secondary N) is 1. The van der Waals surface area contributed by atoms with Crippen LogP contribution in [0.4, 0.5) is 11.4 Å². The minimum atomic E-state index is -0.255. The van der Waals surface area contributed by atoms with Gasteiger partial charge in [-0.15, -0.1) is 0 Å². The van der Waals surface area contributed by atoms with Gasteiger partial charge in [-0.2, -0.15) is 0 Å². The van der Waals surface area contributed by atoms with Crippen molar-refractivity contribution in [2.45, 2.75) is 6.92 Å². The summed E-state index contributed by atoms with van der Waals surface area (Å²) in [7, 11) is 0. The second-order valence-corrected chi connectivity index (χ2v) is 3.77. The standard InChI is InChI=1S/C14H14N2O2/c1-3-7-12-10(4-2)14(17)15-11-8-5-6-9-13(11)16(12)18/h3-9,18H,1H2,2H3,(H,15,17)/b10-4+,12-7+. The summed E-state index contributed by atoms with van der Waals surface area (Å²) in [5.74, 6) is -0.255. The molecule has 4 nitrogen and oxygen atoms in total. The van der Waals surface area contributed by atoms with E-state index in [1.54, 1.807) is 43.3 Å². The third kappa shape index (κ3) is 1.94. The van der Waals surface area contributed by atoms with Crippen LogP contribution >= 0.6 is 0 Å². The number of para-hydroxylation sites is 2. The van der Waals surface area contributed by atoms with Crippen LogP contribution in [-0.4, -0.2) is 11.1 Å². The summed E-state index contributed by atoms with van der Waals surface area (Å²) < 4.78 is 0. The lowest BCUT2D eigenvalue weighted by atomic mass is 10.1. The van der Waals surface area contributed by atoms with E-state index in [1.165, 1.54) is 6.08 Å². The number of anilines is 2. The summed E-state index contributed by atoms with van der Waals surface area (Å²) in [6.07, 6.45) is 4.78. The van der Waals surface area contributed by atoms with Gasteiger partial charge < -0.3 is 5.32 Å². The first-order valence-corrected chi connectivity index (χ1v) is 5.57. The van der Waals surface area contributed by atoms with Gasteiger partial charge in [-0.1, -0.05) is 30.9 Å². The number of benzene rings is 1. The van der Waals surface area contributed by atoms with E-state index in [2.05, 4.69) is 11.9 Å². The van der Waals surface area contributed by atoms with Gasteiger partial charge in [-0.3, -0.25) is 10.0 Å². The molecule has 1 aromatic rings. The van der Waals surface area contributed by atoms with Crippen LogP contribution in [0, 0.1) is 0 Å². The van der Waals surface area contributed by atoms with Gasteiger partial charge >= 0.3 is 0 Å². The lowest BCUT2D eigenvalue weighted by Crippen LogP contribution is -2.20. The monoisotopic (exact) mass is 242 g/mol. The van der Waals surface area contributed by atoms with Crippen molar-refractivity contribution < 1.29 is 10.0 Å². The van der Waals surface area contributed by atoms with Crippen LogP contribution < -0.4 is 10.4 Å². The maximum Gasteiger partial charge on any atom is 0.257 e. The number of hydrogen-bond donors (Lipinski definition) is 2. The van der Waals surface area contributed by atoms with Crippen molar-refractivity contribution in [1.82, 2.24) is 0 Å². The topological polar surface area (TPSA) is 52.6 Å². The lowest BCUT2D eigenvalue weighted by molar-refractivity contribution is -0.112. The van der Waals surface area contributed by atoms with Gasteiger partial charge in [0.15, 0.2) is 0 Å².